The van der Waals surface area contributed by atoms with E-state index in [1.807, 2.05) is 0 Å². The number of nitrogens with zero attached hydrogens (tertiary/aromatic N) is 3. The fourth-order valence-corrected chi connectivity index (χ4v) is 2.72. The second-order valence-corrected chi connectivity index (χ2v) is 5.76. The summed E-state index contributed by atoms with van der Waals surface area (Å²) in [7, 11) is 0. The summed E-state index contributed by atoms with van der Waals surface area (Å²) in [5, 5.41) is 11.0. The molecule has 11 heteroatoms. The standard InChI is InChI=1S/C16H14FN3O7/c17-11-9-18(13-6-3-7-26-13)16(23)19(15(11)22)27-14(21)8-10-4-1-2-5-12(10)20(24)25/h1-2,4-5,9,13H,3,6-8H2. The molecule has 3 rings (SSSR count). The van der Waals surface area contributed by atoms with Crippen molar-refractivity contribution in [1.82, 2.24) is 9.30 Å². The number of nitro groups is 1. The molecule has 1 aromatic carbocycles. The Morgan fingerprint density at radius 2 is 2.11 bits per heavy atom. The summed E-state index contributed by atoms with van der Waals surface area (Å²) >= 11 is 0. The summed E-state index contributed by atoms with van der Waals surface area (Å²) in [6.07, 6.45) is 0.427. The van der Waals surface area contributed by atoms with Crippen LogP contribution in [0.25, 0.3) is 0 Å². The van der Waals surface area contributed by atoms with Gasteiger partial charge < -0.3 is 9.57 Å². The molecule has 1 aromatic heterocycles. The van der Waals surface area contributed by atoms with Crippen LogP contribution in [0.3, 0.4) is 0 Å². The number of carbonyl (C=O) groups excluding carboxylic acids is 1. The predicted octanol–water partition coefficient (Wildman–Crippen LogP) is 0.564. The minimum absolute atomic E-state index is 0.00583. The van der Waals surface area contributed by atoms with Crippen LogP contribution in [0.2, 0.25) is 0 Å². The van der Waals surface area contributed by atoms with Crippen molar-refractivity contribution >= 4 is 11.7 Å². The molecule has 0 bridgehead atoms. The minimum Gasteiger partial charge on any atom is -0.358 e. The van der Waals surface area contributed by atoms with E-state index in [4.69, 9.17) is 9.57 Å². The number of hydrogen-bond donors (Lipinski definition) is 0. The number of halogens is 1. The van der Waals surface area contributed by atoms with Crippen LogP contribution in [0.1, 0.15) is 24.6 Å². The average molecular weight is 379 g/mol. The van der Waals surface area contributed by atoms with Crippen molar-refractivity contribution < 1.29 is 23.7 Å². The summed E-state index contributed by atoms with van der Waals surface area (Å²) in [6.45, 7) is 0.370. The number of rotatable bonds is 5. The number of aromatic nitrogens is 2. The molecule has 1 unspecified atom stereocenters. The Hall–Kier alpha value is -3.34. The predicted molar refractivity (Wildman–Crippen MR) is 87.5 cm³/mol. The Morgan fingerprint density at radius 3 is 2.78 bits per heavy atom. The maximum absolute atomic E-state index is 13.9. The van der Waals surface area contributed by atoms with Crippen molar-refractivity contribution in [3.63, 3.8) is 0 Å². The second kappa shape index (κ2) is 7.50. The van der Waals surface area contributed by atoms with E-state index in [-0.39, 0.29) is 16.0 Å². The molecule has 0 amide bonds. The fraction of sp³-hybridized carbons (Fsp3) is 0.312. The van der Waals surface area contributed by atoms with Crippen LogP contribution < -0.4 is 16.1 Å². The Balaban J connectivity index is 1.89. The van der Waals surface area contributed by atoms with Gasteiger partial charge in [0, 0.05) is 18.2 Å². The molecule has 0 N–H and O–H groups in total. The van der Waals surface area contributed by atoms with Gasteiger partial charge in [-0.1, -0.05) is 22.9 Å². The van der Waals surface area contributed by atoms with Crippen LogP contribution in [-0.2, 0) is 16.0 Å². The van der Waals surface area contributed by atoms with Crippen LogP contribution in [0.15, 0.2) is 40.1 Å². The minimum atomic E-state index is -1.44. The van der Waals surface area contributed by atoms with Crippen molar-refractivity contribution in [3.8, 4) is 0 Å². The van der Waals surface area contributed by atoms with E-state index in [2.05, 4.69) is 0 Å². The molecule has 1 aliphatic heterocycles. The third-order valence-electron chi connectivity index (χ3n) is 3.97. The molecule has 142 valence electrons. The summed E-state index contributed by atoms with van der Waals surface area (Å²) in [5.74, 6) is -2.43. The molecule has 27 heavy (non-hydrogen) atoms. The monoisotopic (exact) mass is 379 g/mol. The third kappa shape index (κ3) is 3.77. The first-order chi connectivity index (χ1) is 12.9. The molecule has 1 atom stereocenters. The van der Waals surface area contributed by atoms with E-state index in [1.165, 1.54) is 24.3 Å². The first kappa shape index (κ1) is 18.5. The van der Waals surface area contributed by atoms with Gasteiger partial charge >= 0.3 is 17.2 Å². The Labute approximate surface area is 150 Å². The Kier molecular flexibility index (Phi) is 5.12. The van der Waals surface area contributed by atoms with Crippen LogP contribution >= 0.6 is 0 Å². The molecule has 0 radical (unpaired) electrons. The highest BCUT2D eigenvalue weighted by Crippen LogP contribution is 2.21. The highest BCUT2D eigenvalue weighted by atomic mass is 19.1. The Morgan fingerprint density at radius 1 is 1.37 bits per heavy atom. The molecule has 2 heterocycles. The van der Waals surface area contributed by atoms with Gasteiger partial charge in [0.25, 0.3) is 5.69 Å². The summed E-state index contributed by atoms with van der Waals surface area (Å²) in [5.41, 5.74) is -2.82. The van der Waals surface area contributed by atoms with Crippen LogP contribution in [0.5, 0.6) is 0 Å². The van der Waals surface area contributed by atoms with Gasteiger partial charge in [0.2, 0.25) is 5.82 Å². The Bertz CT molecular complexity index is 1010. The van der Waals surface area contributed by atoms with Crippen molar-refractivity contribution in [1.29, 1.82) is 0 Å². The molecule has 0 saturated carbocycles. The third-order valence-corrected chi connectivity index (χ3v) is 3.97. The van der Waals surface area contributed by atoms with Crippen molar-refractivity contribution in [2.75, 3.05) is 6.61 Å². The molecule has 1 saturated heterocycles. The first-order valence-electron chi connectivity index (χ1n) is 7.97. The zero-order valence-electron chi connectivity index (χ0n) is 13.9. The van der Waals surface area contributed by atoms with Crippen LogP contribution in [-0.4, -0.2) is 26.8 Å². The second-order valence-electron chi connectivity index (χ2n) is 5.76. The number of nitro benzene ring substituents is 1. The van der Waals surface area contributed by atoms with Gasteiger partial charge in [0.15, 0.2) is 0 Å². The van der Waals surface area contributed by atoms with E-state index in [9.17, 15) is 28.9 Å². The van der Waals surface area contributed by atoms with Gasteiger partial charge in [-0.2, -0.15) is 4.39 Å². The number of hydrogen-bond acceptors (Lipinski definition) is 7. The summed E-state index contributed by atoms with van der Waals surface area (Å²) in [6, 6.07) is 5.43. The van der Waals surface area contributed by atoms with Gasteiger partial charge in [0.1, 0.15) is 6.23 Å². The molecule has 0 aliphatic carbocycles. The lowest BCUT2D eigenvalue weighted by Gasteiger charge is -2.15. The highest BCUT2D eigenvalue weighted by molar-refractivity contribution is 5.74. The molecule has 10 nitrogen and oxygen atoms in total. The maximum atomic E-state index is 13.9. The lowest BCUT2D eigenvalue weighted by Crippen LogP contribution is -2.47. The molecule has 1 fully saturated rings. The summed E-state index contributed by atoms with van der Waals surface area (Å²) in [4.78, 5) is 51.4. The van der Waals surface area contributed by atoms with E-state index in [0.717, 1.165) is 4.57 Å². The van der Waals surface area contributed by atoms with Gasteiger partial charge in [-0.3, -0.25) is 19.5 Å². The number of para-hydroxylation sites is 1. The van der Waals surface area contributed by atoms with Crippen molar-refractivity contribution in [2.45, 2.75) is 25.5 Å². The SMILES string of the molecule is O=C(Cc1ccccc1[N+](=O)[O-])On1c(=O)c(F)cn(C2CCCO2)c1=O. The first-order valence-corrected chi connectivity index (χ1v) is 7.97. The molecule has 1 aliphatic rings. The zero-order chi connectivity index (χ0) is 19.6. The average Bonchev–Trinajstić information content (AvgIpc) is 3.16. The van der Waals surface area contributed by atoms with Gasteiger partial charge in [-0.05, 0) is 12.8 Å². The smallest absolute Gasteiger partial charge is 0.358 e. The quantitative estimate of drug-likeness (QED) is 0.549. The topological polar surface area (TPSA) is 123 Å². The molecular weight excluding hydrogens is 365 g/mol. The largest absolute Gasteiger partial charge is 0.367 e. The van der Waals surface area contributed by atoms with Crippen LogP contribution in [0.4, 0.5) is 10.1 Å². The highest BCUT2D eigenvalue weighted by Gasteiger charge is 2.24. The summed E-state index contributed by atoms with van der Waals surface area (Å²) < 4.78 is 20.0. The van der Waals surface area contributed by atoms with E-state index in [0.29, 0.717) is 25.6 Å². The zero-order valence-corrected chi connectivity index (χ0v) is 13.9. The molecule has 0 spiro atoms. The fourth-order valence-electron chi connectivity index (χ4n) is 2.72. The van der Waals surface area contributed by atoms with E-state index in [1.54, 1.807) is 0 Å². The maximum Gasteiger partial charge on any atom is 0.367 e. The van der Waals surface area contributed by atoms with Gasteiger partial charge in [0.05, 0.1) is 17.5 Å². The van der Waals surface area contributed by atoms with Crippen molar-refractivity contribution in [3.05, 3.63) is 72.8 Å². The normalized spacial score (nSPS) is 16.3. The van der Waals surface area contributed by atoms with Crippen LogP contribution in [0, 0.1) is 15.9 Å². The molecule has 2 aromatic rings. The van der Waals surface area contributed by atoms with E-state index >= 15 is 0 Å². The lowest BCUT2D eigenvalue weighted by atomic mass is 10.1. The van der Waals surface area contributed by atoms with E-state index < -0.39 is 40.6 Å². The number of benzene rings is 1. The van der Waals surface area contributed by atoms with Gasteiger partial charge in [-0.15, -0.1) is 0 Å². The van der Waals surface area contributed by atoms with Crippen molar-refractivity contribution in [2.24, 2.45) is 0 Å². The number of ether oxygens (including phenoxy) is 1. The number of carbonyl (C=O) groups is 1. The van der Waals surface area contributed by atoms with Gasteiger partial charge in [-0.25, -0.2) is 9.59 Å². The molecular formula is C16H14FN3O7. The lowest BCUT2D eigenvalue weighted by molar-refractivity contribution is -0.385.